The van der Waals surface area contributed by atoms with Crippen LogP contribution in [0.1, 0.15) is 52.1 Å². The third-order valence-corrected chi connectivity index (χ3v) is 5.43. The van der Waals surface area contributed by atoms with Gasteiger partial charge in [-0.1, -0.05) is 29.8 Å². The fourth-order valence-electron chi connectivity index (χ4n) is 2.28. The van der Waals surface area contributed by atoms with Crippen LogP contribution in [0.25, 0.3) is 0 Å². The Kier molecular flexibility index (Phi) is 4.23. The molecule has 1 atom stereocenters. The Morgan fingerprint density at radius 3 is 1.31 bits per heavy atom. The summed E-state index contributed by atoms with van der Waals surface area (Å²) in [5.41, 5.74) is 8.75. The van der Waals surface area contributed by atoms with Gasteiger partial charge in [0.1, 0.15) is 0 Å². The zero-order chi connectivity index (χ0) is 12.6. The predicted molar refractivity (Wildman–Crippen MR) is 76.6 cm³/mol. The molecule has 0 radical (unpaired) electrons. The van der Waals surface area contributed by atoms with E-state index in [0.717, 1.165) is 0 Å². The van der Waals surface area contributed by atoms with Gasteiger partial charge in [-0.3, -0.25) is 0 Å². The van der Waals surface area contributed by atoms with Gasteiger partial charge in [-0.15, -0.1) is 0 Å². The Bertz CT molecular complexity index is 373. The molecule has 0 fully saturated rings. The first-order valence-electron chi connectivity index (χ1n) is 5.99. The minimum atomic E-state index is 0.463. The molecule has 0 N–H and O–H groups in total. The van der Waals surface area contributed by atoms with E-state index >= 15 is 0 Å². The molecule has 0 saturated carbocycles. The number of alkyl halides is 1. The summed E-state index contributed by atoms with van der Waals surface area (Å²) in [4.78, 5) is 0.463. The minimum absolute atomic E-state index is 0.463. The van der Waals surface area contributed by atoms with E-state index in [2.05, 4.69) is 64.4 Å². The summed E-state index contributed by atoms with van der Waals surface area (Å²) < 4.78 is 0. The van der Waals surface area contributed by atoms with Crippen LogP contribution in [0.5, 0.6) is 0 Å². The first-order valence-corrected chi connectivity index (χ1v) is 6.91. The van der Waals surface area contributed by atoms with Gasteiger partial charge in [-0.05, 0) is 73.9 Å². The Morgan fingerprint density at radius 2 is 1.00 bits per heavy atom. The maximum Gasteiger partial charge on any atom is 0.0423 e. The molecular formula is C15H23Br. The first-order chi connectivity index (χ1) is 7.29. The van der Waals surface area contributed by atoms with E-state index in [1.165, 1.54) is 33.4 Å². The third kappa shape index (κ3) is 2.20. The van der Waals surface area contributed by atoms with Crippen molar-refractivity contribution < 1.29 is 0 Å². The van der Waals surface area contributed by atoms with E-state index in [1.54, 1.807) is 0 Å². The van der Waals surface area contributed by atoms with Crippen LogP contribution in [0.3, 0.4) is 0 Å². The average molecular weight is 283 g/mol. The van der Waals surface area contributed by atoms with Gasteiger partial charge >= 0.3 is 0 Å². The molecule has 0 aliphatic rings. The maximum atomic E-state index is 3.84. The SMILES string of the molecule is Cc1c(C)c(C)c(C(Br)C(C)C)c(C)c1C. The van der Waals surface area contributed by atoms with Crippen molar-refractivity contribution in [1.82, 2.24) is 0 Å². The number of halogens is 1. The monoisotopic (exact) mass is 282 g/mol. The molecule has 0 heterocycles. The van der Waals surface area contributed by atoms with Crippen molar-refractivity contribution in [2.45, 2.75) is 53.3 Å². The molecule has 16 heavy (non-hydrogen) atoms. The molecule has 0 saturated heterocycles. The van der Waals surface area contributed by atoms with E-state index in [1.807, 2.05) is 0 Å². The number of benzene rings is 1. The number of hydrogen-bond acceptors (Lipinski definition) is 0. The van der Waals surface area contributed by atoms with Gasteiger partial charge in [-0.2, -0.15) is 0 Å². The lowest BCUT2D eigenvalue weighted by Gasteiger charge is -2.24. The maximum absolute atomic E-state index is 3.84. The molecule has 1 aromatic rings. The standard InChI is InChI=1S/C15H23Br/c1-8(2)15(16)14-12(6)10(4)9(3)11(5)13(14)7/h8,15H,1-7H3. The normalized spacial score (nSPS) is 13.3. The molecule has 0 aliphatic heterocycles. The summed E-state index contributed by atoms with van der Waals surface area (Å²) in [5.74, 6) is 0.624. The molecule has 0 aromatic heterocycles. The van der Waals surface area contributed by atoms with Gasteiger partial charge in [-0.25, -0.2) is 0 Å². The van der Waals surface area contributed by atoms with Crippen molar-refractivity contribution in [2.24, 2.45) is 5.92 Å². The molecule has 1 aromatic carbocycles. The van der Waals surface area contributed by atoms with Gasteiger partial charge in [0.25, 0.3) is 0 Å². The smallest absolute Gasteiger partial charge is 0.0423 e. The van der Waals surface area contributed by atoms with Crippen LogP contribution in [0.15, 0.2) is 0 Å². The van der Waals surface area contributed by atoms with Crippen molar-refractivity contribution in [3.8, 4) is 0 Å². The van der Waals surface area contributed by atoms with E-state index in [4.69, 9.17) is 0 Å². The molecular weight excluding hydrogens is 260 g/mol. The lowest BCUT2D eigenvalue weighted by Crippen LogP contribution is -2.08. The largest absolute Gasteiger partial charge is 0.0836 e. The highest BCUT2D eigenvalue weighted by atomic mass is 79.9. The van der Waals surface area contributed by atoms with Crippen LogP contribution in [-0.4, -0.2) is 0 Å². The van der Waals surface area contributed by atoms with Crippen molar-refractivity contribution in [1.29, 1.82) is 0 Å². The summed E-state index contributed by atoms with van der Waals surface area (Å²) in [6.07, 6.45) is 0. The number of rotatable bonds is 2. The van der Waals surface area contributed by atoms with Crippen molar-refractivity contribution >= 4 is 15.9 Å². The van der Waals surface area contributed by atoms with Gasteiger partial charge in [0, 0.05) is 4.83 Å². The minimum Gasteiger partial charge on any atom is -0.0836 e. The van der Waals surface area contributed by atoms with E-state index in [9.17, 15) is 0 Å². The Hall–Kier alpha value is -0.300. The highest BCUT2D eigenvalue weighted by molar-refractivity contribution is 9.09. The molecule has 0 amide bonds. The first kappa shape index (κ1) is 13.8. The summed E-state index contributed by atoms with van der Waals surface area (Å²) in [5, 5.41) is 0. The van der Waals surface area contributed by atoms with Crippen LogP contribution < -0.4 is 0 Å². The second-order valence-electron chi connectivity index (χ2n) is 5.18. The Labute approximate surface area is 109 Å². The fourth-order valence-corrected chi connectivity index (χ4v) is 2.96. The van der Waals surface area contributed by atoms with Crippen LogP contribution in [-0.2, 0) is 0 Å². The van der Waals surface area contributed by atoms with E-state index < -0.39 is 0 Å². The zero-order valence-electron chi connectivity index (χ0n) is 11.5. The molecule has 0 aliphatic carbocycles. The van der Waals surface area contributed by atoms with E-state index in [0.29, 0.717) is 10.7 Å². The molecule has 0 nitrogen and oxygen atoms in total. The van der Waals surface area contributed by atoms with Gasteiger partial charge in [0.2, 0.25) is 0 Å². The zero-order valence-corrected chi connectivity index (χ0v) is 13.1. The molecule has 90 valence electrons. The molecule has 1 unspecified atom stereocenters. The quantitative estimate of drug-likeness (QED) is 0.644. The van der Waals surface area contributed by atoms with Crippen molar-refractivity contribution in [3.05, 3.63) is 33.4 Å². The summed E-state index contributed by atoms with van der Waals surface area (Å²) in [6, 6.07) is 0. The molecule has 0 spiro atoms. The topological polar surface area (TPSA) is 0 Å². The van der Waals surface area contributed by atoms with Gasteiger partial charge in [0.05, 0.1) is 0 Å². The molecule has 0 bridgehead atoms. The van der Waals surface area contributed by atoms with Crippen molar-refractivity contribution in [3.63, 3.8) is 0 Å². The second kappa shape index (κ2) is 4.91. The highest BCUT2D eigenvalue weighted by Gasteiger charge is 2.20. The van der Waals surface area contributed by atoms with Crippen molar-refractivity contribution in [2.75, 3.05) is 0 Å². The molecule has 1 rings (SSSR count). The lowest BCUT2D eigenvalue weighted by atomic mass is 9.86. The summed E-state index contributed by atoms with van der Waals surface area (Å²) >= 11 is 3.84. The predicted octanol–water partition coefficient (Wildman–Crippen LogP) is 5.32. The summed E-state index contributed by atoms with van der Waals surface area (Å²) in [7, 11) is 0. The highest BCUT2D eigenvalue weighted by Crippen LogP contribution is 2.38. The van der Waals surface area contributed by atoms with Crippen LogP contribution in [0, 0.1) is 40.5 Å². The van der Waals surface area contributed by atoms with E-state index in [-0.39, 0.29) is 0 Å². The molecule has 1 heteroatoms. The Balaban J connectivity index is 3.51. The average Bonchev–Trinajstić information content (AvgIpc) is 2.23. The van der Waals surface area contributed by atoms with Gasteiger partial charge < -0.3 is 0 Å². The van der Waals surface area contributed by atoms with Gasteiger partial charge in [0.15, 0.2) is 0 Å². The third-order valence-electron chi connectivity index (χ3n) is 3.92. The summed E-state index contributed by atoms with van der Waals surface area (Å²) in [6.45, 7) is 15.7. The lowest BCUT2D eigenvalue weighted by molar-refractivity contribution is 0.635. The Morgan fingerprint density at radius 1 is 0.688 bits per heavy atom. The number of hydrogen-bond donors (Lipinski definition) is 0. The second-order valence-corrected chi connectivity index (χ2v) is 6.17. The van der Waals surface area contributed by atoms with Crippen LogP contribution in [0.4, 0.5) is 0 Å². The van der Waals surface area contributed by atoms with Crippen LogP contribution in [0.2, 0.25) is 0 Å². The fraction of sp³-hybridized carbons (Fsp3) is 0.600. The van der Waals surface area contributed by atoms with Crippen LogP contribution >= 0.6 is 15.9 Å².